The van der Waals surface area contributed by atoms with E-state index in [0.29, 0.717) is 6.42 Å². The van der Waals surface area contributed by atoms with Crippen LogP contribution in [0.4, 0.5) is 11.4 Å². The molecule has 3 aromatic rings. The highest BCUT2D eigenvalue weighted by atomic mass is 16.6. The maximum Gasteiger partial charge on any atom is 0.345 e. The van der Waals surface area contributed by atoms with E-state index in [2.05, 4.69) is 0 Å². The lowest BCUT2D eigenvalue weighted by atomic mass is 9.82. The predicted octanol–water partition coefficient (Wildman–Crippen LogP) is 3.89. The molecule has 0 saturated heterocycles. The number of esters is 1. The average molecular weight is 484 g/mol. The molecule has 1 heterocycles. The largest absolute Gasteiger partial charge is 0.449 e. The SMILES string of the molecule is CC(OC(=O)c1ccc2c(c1[N+](=O)[O-])C(=O)c1ccccc1C2=O)C(=O)N1c2ccccc2CC1C. The van der Waals surface area contributed by atoms with Gasteiger partial charge in [-0.05, 0) is 44.0 Å². The van der Waals surface area contributed by atoms with Crippen LogP contribution in [0.15, 0.2) is 60.7 Å². The Hall–Kier alpha value is -4.66. The maximum absolute atomic E-state index is 13.2. The molecule has 5 rings (SSSR count). The minimum absolute atomic E-state index is 0.0221. The number of nitro groups is 1. The van der Waals surface area contributed by atoms with Crippen LogP contribution in [-0.2, 0) is 16.0 Å². The van der Waals surface area contributed by atoms with Crippen molar-refractivity contribution in [2.75, 3.05) is 4.90 Å². The minimum atomic E-state index is -1.25. The van der Waals surface area contributed by atoms with Crippen LogP contribution < -0.4 is 4.90 Å². The van der Waals surface area contributed by atoms with E-state index in [1.54, 1.807) is 29.2 Å². The highest BCUT2D eigenvalue weighted by molar-refractivity contribution is 6.30. The van der Waals surface area contributed by atoms with Gasteiger partial charge in [-0.3, -0.25) is 24.5 Å². The van der Waals surface area contributed by atoms with E-state index in [1.165, 1.54) is 25.1 Å². The molecule has 2 atom stereocenters. The van der Waals surface area contributed by atoms with Crippen LogP contribution in [0, 0.1) is 10.1 Å². The van der Waals surface area contributed by atoms with Gasteiger partial charge in [-0.25, -0.2) is 4.79 Å². The summed E-state index contributed by atoms with van der Waals surface area (Å²) >= 11 is 0. The summed E-state index contributed by atoms with van der Waals surface area (Å²) in [6, 6.07) is 15.6. The van der Waals surface area contributed by atoms with Crippen molar-refractivity contribution in [2.45, 2.75) is 32.4 Å². The molecule has 1 amide bonds. The van der Waals surface area contributed by atoms with E-state index in [4.69, 9.17) is 4.74 Å². The Morgan fingerprint density at radius 2 is 1.61 bits per heavy atom. The average Bonchev–Trinajstić information content (AvgIpc) is 3.21. The summed E-state index contributed by atoms with van der Waals surface area (Å²) < 4.78 is 5.36. The van der Waals surface area contributed by atoms with Gasteiger partial charge in [-0.1, -0.05) is 42.5 Å². The Kier molecular flexibility index (Phi) is 5.47. The number of hydrogen-bond acceptors (Lipinski definition) is 7. The molecule has 180 valence electrons. The number of nitrogens with zero attached hydrogens (tertiary/aromatic N) is 2. The predicted molar refractivity (Wildman–Crippen MR) is 128 cm³/mol. The second-order valence-corrected chi connectivity index (χ2v) is 8.78. The van der Waals surface area contributed by atoms with Gasteiger partial charge in [0.05, 0.1) is 4.92 Å². The second kappa shape index (κ2) is 8.53. The fraction of sp³-hybridized carbons (Fsp3) is 0.185. The first kappa shape index (κ1) is 23.1. The zero-order chi connectivity index (χ0) is 25.7. The Bertz CT molecular complexity index is 1490. The van der Waals surface area contributed by atoms with Crippen LogP contribution >= 0.6 is 0 Å². The molecule has 1 aliphatic heterocycles. The molecule has 0 aromatic heterocycles. The normalized spacial score (nSPS) is 16.6. The topological polar surface area (TPSA) is 124 Å². The van der Waals surface area contributed by atoms with Crippen molar-refractivity contribution in [2.24, 2.45) is 0 Å². The molecular formula is C27H20N2O7. The Morgan fingerprint density at radius 1 is 0.972 bits per heavy atom. The molecule has 9 heteroatoms. The molecule has 0 radical (unpaired) electrons. The zero-order valence-corrected chi connectivity index (χ0v) is 19.4. The van der Waals surface area contributed by atoms with E-state index >= 15 is 0 Å². The highest BCUT2D eigenvalue weighted by Crippen LogP contribution is 2.36. The number of benzene rings is 3. The number of nitro benzene ring substituents is 1. The molecule has 2 aliphatic rings. The van der Waals surface area contributed by atoms with Crippen molar-refractivity contribution in [3.63, 3.8) is 0 Å². The van der Waals surface area contributed by atoms with Gasteiger partial charge in [0.2, 0.25) is 5.78 Å². The molecule has 0 bridgehead atoms. The van der Waals surface area contributed by atoms with Gasteiger partial charge in [0.25, 0.3) is 11.6 Å². The molecule has 0 fully saturated rings. The smallest absolute Gasteiger partial charge is 0.345 e. The third kappa shape index (κ3) is 3.48. The monoisotopic (exact) mass is 484 g/mol. The van der Waals surface area contributed by atoms with Gasteiger partial charge < -0.3 is 9.64 Å². The molecule has 0 saturated carbocycles. The van der Waals surface area contributed by atoms with Crippen LogP contribution in [-0.4, -0.2) is 40.5 Å². The number of carbonyl (C=O) groups is 4. The summed E-state index contributed by atoms with van der Waals surface area (Å²) in [7, 11) is 0. The van der Waals surface area contributed by atoms with Crippen molar-refractivity contribution >= 4 is 34.8 Å². The minimum Gasteiger partial charge on any atom is -0.449 e. The van der Waals surface area contributed by atoms with Crippen LogP contribution in [0.5, 0.6) is 0 Å². The Morgan fingerprint density at radius 3 is 2.31 bits per heavy atom. The number of carbonyl (C=O) groups excluding carboxylic acids is 4. The van der Waals surface area contributed by atoms with Crippen LogP contribution in [0.25, 0.3) is 0 Å². The second-order valence-electron chi connectivity index (χ2n) is 8.78. The van der Waals surface area contributed by atoms with Gasteiger partial charge in [0, 0.05) is 28.4 Å². The number of para-hydroxylation sites is 1. The van der Waals surface area contributed by atoms with Gasteiger partial charge in [-0.2, -0.15) is 0 Å². The molecular weight excluding hydrogens is 464 g/mol. The van der Waals surface area contributed by atoms with E-state index < -0.39 is 51.3 Å². The first-order chi connectivity index (χ1) is 17.2. The number of anilines is 1. The van der Waals surface area contributed by atoms with Crippen molar-refractivity contribution in [1.29, 1.82) is 0 Å². The van der Waals surface area contributed by atoms with E-state index in [-0.39, 0.29) is 22.7 Å². The summed E-state index contributed by atoms with van der Waals surface area (Å²) in [4.78, 5) is 65.0. The Balaban J connectivity index is 1.48. The number of ether oxygens (including phenoxy) is 1. The van der Waals surface area contributed by atoms with Crippen LogP contribution in [0.1, 0.15) is 61.6 Å². The number of hydrogen-bond donors (Lipinski definition) is 0. The van der Waals surface area contributed by atoms with Crippen molar-refractivity contribution in [3.8, 4) is 0 Å². The summed E-state index contributed by atoms with van der Waals surface area (Å²) in [5, 5.41) is 12.0. The molecule has 0 N–H and O–H groups in total. The lowest BCUT2D eigenvalue weighted by Gasteiger charge is -2.26. The summed E-state index contributed by atoms with van der Waals surface area (Å²) in [5.41, 5.74) is -0.0645. The lowest BCUT2D eigenvalue weighted by molar-refractivity contribution is -0.385. The highest BCUT2D eigenvalue weighted by Gasteiger charge is 2.40. The first-order valence-electron chi connectivity index (χ1n) is 11.3. The number of rotatable bonds is 4. The first-order valence-corrected chi connectivity index (χ1v) is 11.3. The van der Waals surface area contributed by atoms with E-state index in [0.717, 1.165) is 17.3 Å². The Labute approximate surface area is 205 Å². The fourth-order valence-corrected chi connectivity index (χ4v) is 4.90. The van der Waals surface area contributed by atoms with Gasteiger partial charge in [0.15, 0.2) is 11.9 Å². The number of amides is 1. The zero-order valence-electron chi connectivity index (χ0n) is 19.4. The number of ketones is 2. The molecule has 2 unspecified atom stereocenters. The fourth-order valence-electron chi connectivity index (χ4n) is 4.90. The summed E-state index contributed by atoms with van der Waals surface area (Å²) in [6.07, 6.45) is -0.601. The van der Waals surface area contributed by atoms with Gasteiger partial charge in [-0.15, -0.1) is 0 Å². The van der Waals surface area contributed by atoms with Gasteiger partial charge >= 0.3 is 5.97 Å². The summed E-state index contributed by atoms with van der Waals surface area (Å²) in [5.74, 6) is -2.88. The van der Waals surface area contributed by atoms with E-state index in [1.807, 2.05) is 19.1 Å². The molecule has 36 heavy (non-hydrogen) atoms. The van der Waals surface area contributed by atoms with Crippen LogP contribution in [0.3, 0.4) is 0 Å². The van der Waals surface area contributed by atoms with Crippen molar-refractivity contribution in [1.82, 2.24) is 0 Å². The maximum atomic E-state index is 13.2. The lowest BCUT2D eigenvalue weighted by Crippen LogP contribution is -2.43. The van der Waals surface area contributed by atoms with Gasteiger partial charge in [0.1, 0.15) is 11.1 Å². The molecule has 3 aromatic carbocycles. The molecule has 0 spiro atoms. The standard InChI is InChI=1S/C27H20N2O7/c1-14-13-16-7-3-6-10-21(16)28(14)26(32)15(2)36-27(33)20-12-11-19-22(23(20)29(34)35)25(31)18-9-5-4-8-17(18)24(19)30/h3-12,14-15H,13H2,1-2H3. The quantitative estimate of drug-likeness (QED) is 0.244. The van der Waals surface area contributed by atoms with Crippen molar-refractivity contribution < 1.29 is 28.8 Å². The van der Waals surface area contributed by atoms with E-state index in [9.17, 15) is 29.3 Å². The molecule has 1 aliphatic carbocycles. The third-order valence-electron chi connectivity index (χ3n) is 6.54. The number of fused-ring (bicyclic) bond motifs is 3. The van der Waals surface area contributed by atoms with Crippen LogP contribution in [0.2, 0.25) is 0 Å². The third-order valence-corrected chi connectivity index (χ3v) is 6.54. The summed E-state index contributed by atoms with van der Waals surface area (Å²) in [6.45, 7) is 3.27. The van der Waals surface area contributed by atoms with Crippen molar-refractivity contribution in [3.05, 3.63) is 104 Å². The molecule has 9 nitrogen and oxygen atoms in total.